The molecule has 3 N–H and O–H groups in total. The van der Waals surface area contributed by atoms with Crippen molar-refractivity contribution in [3.63, 3.8) is 0 Å². The van der Waals surface area contributed by atoms with Crippen LogP contribution in [0.3, 0.4) is 0 Å². The molecule has 0 spiro atoms. The molecule has 15 nitrogen and oxygen atoms in total. The number of ether oxygens (including phenoxy) is 4. The Labute approximate surface area is 366 Å². The van der Waals surface area contributed by atoms with Crippen LogP contribution in [0.4, 0.5) is 10.5 Å². The Balaban J connectivity index is 0.877. The fraction of sp³-hybridized carbons (Fsp3) is 0.652. The number of hydrogen-bond donors (Lipinski definition) is 3. The van der Waals surface area contributed by atoms with Crippen molar-refractivity contribution >= 4 is 49.7 Å². The minimum atomic E-state index is -2.04. The summed E-state index contributed by atoms with van der Waals surface area (Å²) in [7, 11) is -2.04. The van der Waals surface area contributed by atoms with E-state index >= 15 is 0 Å². The summed E-state index contributed by atoms with van der Waals surface area (Å²) in [6.07, 6.45) is 9.77. The maximum absolute atomic E-state index is 13.3. The number of nitrogens with zero attached hydrogens (tertiary/aromatic N) is 1. The first-order valence-electron chi connectivity index (χ1n) is 22.4. The second-order valence-electron chi connectivity index (χ2n) is 19.0. The lowest BCUT2D eigenvalue weighted by molar-refractivity contribution is -0.160. The van der Waals surface area contributed by atoms with Crippen LogP contribution in [-0.2, 0) is 37.8 Å². The number of cyclic esters (lactones) is 1. The van der Waals surface area contributed by atoms with Crippen LogP contribution < -0.4 is 16.0 Å². The number of anilines is 1. The molecule has 1 unspecified atom stereocenters. The van der Waals surface area contributed by atoms with Crippen molar-refractivity contribution < 1.29 is 52.1 Å². The van der Waals surface area contributed by atoms with Gasteiger partial charge in [0, 0.05) is 50.8 Å². The number of alkyl carbamates (subject to hydrolysis) is 1. The van der Waals surface area contributed by atoms with Gasteiger partial charge in [0.15, 0.2) is 8.32 Å². The lowest BCUT2D eigenvalue weighted by Gasteiger charge is -2.44. The van der Waals surface area contributed by atoms with Gasteiger partial charge in [0.05, 0.1) is 36.9 Å². The van der Waals surface area contributed by atoms with Gasteiger partial charge in [-0.1, -0.05) is 58.9 Å². The number of carbonyl (C=O) groups excluding carboxylic acids is 6. The Kier molecular flexibility index (Phi) is 15.5. The fourth-order valence-corrected chi connectivity index (χ4v) is 10.5. The van der Waals surface area contributed by atoms with Gasteiger partial charge in [-0.05, 0) is 85.7 Å². The van der Waals surface area contributed by atoms with Crippen LogP contribution in [0, 0.1) is 23.7 Å². The van der Waals surface area contributed by atoms with Gasteiger partial charge >= 0.3 is 12.1 Å². The number of amides is 5. The monoisotopic (exact) mass is 878 g/mol. The van der Waals surface area contributed by atoms with Gasteiger partial charge in [0.1, 0.15) is 18.2 Å². The third kappa shape index (κ3) is 11.4. The first-order chi connectivity index (χ1) is 29.4. The van der Waals surface area contributed by atoms with Crippen molar-refractivity contribution in [3.05, 3.63) is 53.1 Å². The molecule has 5 aliphatic rings. The zero-order valence-electron chi connectivity index (χ0n) is 37.4. The van der Waals surface area contributed by atoms with Gasteiger partial charge < -0.3 is 34.0 Å². The SMILES string of the molecule is C[C@H]1C=C2C=C[C@H](C)[C@H](CC[C@@H]3C[C@@H](O[Si](C)(C)C(C)(C)C)CC(=O)O3)[C@H]2[C@@H](OC(=O)NCCOCCCOCCNc2cccc3c2C(=O)N(C2CCC(=O)NC2=O)C3=O)C1. The Morgan fingerprint density at radius 1 is 0.968 bits per heavy atom. The Morgan fingerprint density at radius 2 is 1.71 bits per heavy atom. The van der Waals surface area contributed by atoms with Crippen LogP contribution in [0.1, 0.15) is 107 Å². The van der Waals surface area contributed by atoms with Crippen LogP contribution in [-0.4, -0.2) is 113 Å². The summed E-state index contributed by atoms with van der Waals surface area (Å²) >= 11 is 0. The summed E-state index contributed by atoms with van der Waals surface area (Å²) in [5, 5.41) is 8.28. The van der Waals surface area contributed by atoms with Crippen molar-refractivity contribution in [3.8, 4) is 0 Å². The second-order valence-corrected chi connectivity index (χ2v) is 23.7. The van der Waals surface area contributed by atoms with Crippen LogP contribution >= 0.6 is 0 Å². The average Bonchev–Trinajstić information content (AvgIpc) is 3.44. The number of carbonyl (C=O) groups is 6. The molecule has 62 heavy (non-hydrogen) atoms. The second kappa shape index (κ2) is 20.4. The third-order valence-electron chi connectivity index (χ3n) is 13.3. The molecular weight excluding hydrogens is 813 g/mol. The largest absolute Gasteiger partial charge is 0.462 e. The van der Waals surface area contributed by atoms with Crippen LogP contribution in [0.15, 0.2) is 42.0 Å². The van der Waals surface area contributed by atoms with Gasteiger partial charge in [-0.2, -0.15) is 0 Å². The van der Waals surface area contributed by atoms with Crippen molar-refractivity contribution in [2.24, 2.45) is 23.7 Å². The molecule has 0 aromatic heterocycles. The number of hydrogen-bond acceptors (Lipinski definition) is 12. The molecule has 2 aliphatic carbocycles. The minimum absolute atomic E-state index is 0.0533. The number of allylic oxidation sites excluding steroid dienone is 3. The molecule has 1 aromatic carbocycles. The van der Waals surface area contributed by atoms with E-state index in [-0.39, 0.29) is 77.0 Å². The van der Waals surface area contributed by atoms with Crippen molar-refractivity contribution in [1.29, 1.82) is 0 Å². The van der Waals surface area contributed by atoms with Crippen LogP contribution in [0.25, 0.3) is 0 Å². The number of imide groups is 2. The van der Waals surface area contributed by atoms with Crippen molar-refractivity contribution in [2.75, 3.05) is 44.8 Å². The fourth-order valence-electron chi connectivity index (χ4n) is 9.10. The van der Waals surface area contributed by atoms with E-state index in [2.05, 4.69) is 81.9 Å². The van der Waals surface area contributed by atoms with Gasteiger partial charge in [-0.25, -0.2) is 4.79 Å². The van der Waals surface area contributed by atoms with Crippen molar-refractivity contribution in [2.45, 2.75) is 128 Å². The Hall–Kier alpha value is -4.38. The van der Waals surface area contributed by atoms with Crippen LogP contribution in [0.5, 0.6) is 0 Å². The molecule has 0 radical (unpaired) electrons. The topological polar surface area (TPSA) is 188 Å². The molecule has 8 atom stereocenters. The number of nitrogens with one attached hydrogen (secondary N) is 3. The van der Waals surface area contributed by atoms with E-state index in [1.807, 2.05) is 0 Å². The molecule has 5 amide bonds. The lowest BCUT2D eigenvalue weighted by atomic mass is 9.65. The summed E-state index contributed by atoms with van der Waals surface area (Å²) in [5.41, 5.74) is 2.09. The van der Waals surface area contributed by atoms with Crippen LogP contribution in [0.2, 0.25) is 18.1 Å². The maximum atomic E-state index is 13.3. The van der Waals surface area contributed by atoms with E-state index < -0.39 is 44.1 Å². The highest BCUT2D eigenvalue weighted by atomic mass is 28.4. The molecule has 2 saturated heterocycles. The highest BCUT2D eigenvalue weighted by Crippen LogP contribution is 2.46. The predicted octanol–water partition coefficient (Wildman–Crippen LogP) is 6.30. The summed E-state index contributed by atoms with van der Waals surface area (Å²) in [5.74, 6) is -1.57. The van der Waals surface area contributed by atoms with Gasteiger partial charge in [-0.15, -0.1) is 0 Å². The first kappa shape index (κ1) is 47.1. The summed E-state index contributed by atoms with van der Waals surface area (Å²) in [6.45, 7) is 17.6. The molecule has 340 valence electrons. The maximum Gasteiger partial charge on any atom is 0.407 e. The molecule has 3 aliphatic heterocycles. The number of benzene rings is 1. The molecule has 1 aromatic rings. The first-order valence-corrected chi connectivity index (χ1v) is 25.3. The van der Waals surface area contributed by atoms with E-state index in [0.717, 1.165) is 24.2 Å². The standard InChI is InChI=1S/C46H66N4O11Si/c1-28-24-30-13-12-29(2)33(15-14-31-26-32(27-39(52)59-31)61-62(6,7)46(3,4)5)40(30)37(25-28)60-45(56)48-19-23-58-21-9-20-57-22-18-47-35-11-8-10-34-41(35)44(55)50(43(34)54)36-16-17-38(51)49-42(36)53/h8,10-13,24,28-29,31-33,36-37,40,47H,9,14-23,25-27H2,1-7H3,(H,48,56)(H,49,51,53)/t28-,29-,31+,32+,33-,36?,37-,40-/m0/s1. The van der Waals surface area contributed by atoms with Gasteiger partial charge in [0.25, 0.3) is 11.8 Å². The van der Waals surface area contributed by atoms with Gasteiger partial charge in [0.2, 0.25) is 11.8 Å². The normalized spacial score (nSPS) is 27.6. The van der Waals surface area contributed by atoms with E-state index in [1.54, 1.807) is 18.2 Å². The molecule has 3 heterocycles. The van der Waals surface area contributed by atoms with E-state index in [0.29, 0.717) is 64.5 Å². The minimum Gasteiger partial charge on any atom is -0.462 e. The smallest absolute Gasteiger partial charge is 0.407 e. The van der Waals surface area contributed by atoms with E-state index in [9.17, 15) is 28.8 Å². The number of piperidine rings is 1. The zero-order valence-corrected chi connectivity index (χ0v) is 38.4. The number of rotatable bonds is 18. The third-order valence-corrected chi connectivity index (χ3v) is 17.8. The van der Waals surface area contributed by atoms with E-state index in [4.69, 9.17) is 23.4 Å². The zero-order chi connectivity index (χ0) is 44.8. The number of fused-ring (bicyclic) bond motifs is 2. The molecule has 2 fully saturated rings. The molecule has 16 heteroatoms. The molecule has 6 rings (SSSR count). The predicted molar refractivity (Wildman–Crippen MR) is 234 cm³/mol. The van der Waals surface area contributed by atoms with Gasteiger partial charge in [-0.3, -0.25) is 34.2 Å². The highest BCUT2D eigenvalue weighted by Gasteiger charge is 2.47. The summed E-state index contributed by atoms with van der Waals surface area (Å²) < 4.78 is 30.1. The molecule has 0 saturated carbocycles. The Bertz CT molecular complexity index is 1910. The Morgan fingerprint density at radius 3 is 2.44 bits per heavy atom. The quantitative estimate of drug-likeness (QED) is 0.0648. The summed E-state index contributed by atoms with van der Waals surface area (Å²) in [4.78, 5) is 77.1. The summed E-state index contributed by atoms with van der Waals surface area (Å²) in [6, 6.07) is 3.90. The molecular formula is C46H66N4O11Si. The average molecular weight is 879 g/mol. The highest BCUT2D eigenvalue weighted by molar-refractivity contribution is 6.74. The van der Waals surface area contributed by atoms with Crippen molar-refractivity contribution in [1.82, 2.24) is 15.5 Å². The lowest BCUT2D eigenvalue weighted by Crippen LogP contribution is -2.54. The molecule has 0 bridgehead atoms. The number of esters is 1. The van der Waals surface area contributed by atoms with E-state index in [1.165, 1.54) is 5.57 Å².